The van der Waals surface area contributed by atoms with Crippen molar-refractivity contribution in [2.75, 3.05) is 53.5 Å². The Hall–Kier alpha value is -0.970. The zero-order valence-electron chi connectivity index (χ0n) is 16.5. The third kappa shape index (κ3) is 7.34. The van der Waals surface area contributed by atoms with Crippen LogP contribution in [0.1, 0.15) is 40.5 Å². The van der Waals surface area contributed by atoms with Crippen molar-refractivity contribution < 1.29 is 33.2 Å². The van der Waals surface area contributed by atoms with Gasteiger partial charge < -0.3 is 28.4 Å². The summed E-state index contributed by atoms with van der Waals surface area (Å²) in [4.78, 5) is 15.8. The molecule has 1 aliphatic heterocycles. The molecule has 0 N–H and O–H groups in total. The molecule has 0 radical (unpaired) electrons. The third-order valence-electron chi connectivity index (χ3n) is 3.56. The first-order chi connectivity index (χ1) is 12.7. The van der Waals surface area contributed by atoms with Crippen LogP contribution in [0.5, 0.6) is 0 Å². The zero-order chi connectivity index (χ0) is 19.2. The summed E-state index contributed by atoms with van der Waals surface area (Å²) in [6.07, 6.45) is 0.383. The van der Waals surface area contributed by atoms with E-state index in [-0.39, 0.29) is 33.1 Å². The second kappa shape index (κ2) is 14.1. The Kier molecular flexibility index (Phi) is 12.5. The molecule has 0 aromatic heterocycles. The van der Waals surface area contributed by atoms with Gasteiger partial charge in [0, 0.05) is 26.4 Å². The number of carbonyl (C=O) groups excluding carboxylic acids is 1. The number of ether oxygens (including phenoxy) is 6. The first kappa shape index (κ1) is 23.1. The van der Waals surface area contributed by atoms with Crippen LogP contribution >= 0.6 is 0 Å². The lowest BCUT2D eigenvalue weighted by Gasteiger charge is -2.27. The van der Waals surface area contributed by atoms with Gasteiger partial charge in [0.2, 0.25) is 0 Å². The van der Waals surface area contributed by atoms with E-state index in [2.05, 4.69) is 0 Å². The minimum Gasteiger partial charge on any atom is -0.361 e. The molecule has 0 aromatic rings. The van der Waals surface area contributed by atoms with Gasteiger partial charge in [0.15, 0.2) is 12.5 Å². The maximum atomic E-state index is 12.8. The predicted molar refractivity (Wildman–Crippen MR) is 94.0 cm³/mol. The Morgan fingerprint density at radius 1 is 0.731 bits per heavy atom. The van der Waals surface area contributed by atoms with E-state index in [0.717, 1.165) is 12.8 Å². The number of amides is 2. The number of hydrogen-bond acceptors (Lipinski definition) is 7. The first-order valence-corrected chi connectivity index (χ1v) is 9.32. The maximum absolute atomic E-state index is 12.8. The van der Waals surface area contributed by atoms with E-state index in [1.165, 1.54) is 9.80 Å². The van der Waals surface area contributed by atoms with Crippen LogP contribution in [0, 0.1) is 0 Å². The monoisotopic (exact) mass is 378 g/mol. The van der Waals surface area contributed by atoms with Crippen molar-refractivity contribution in [3.63, 3.8) is 0 Å². The molecule has 0 aliphatic carbocycles. The predicted octanol–water partition coefficient (Wildman–Crippen LogP) is 2.17. The van der Waals surface area contributed by atoms with E-state index < -0.39 is 12.5 Å². The highest BCUT2D eigenvalue weighted by molar-refractivity contribution is 5.77. The van der Waals surface area contributed by atoms with Gasteiger partial charge in [-0.05, 0) is 26.7 Å². The van der Waals surface area contributed by atoms with Crippen LogP contribution in [0.25, 0.3) is 0 Å². The van der Waals surface area contributed by atoms with Crippen molar-refractivity contribution >= 4 is 6.03 Å². The lowest BCUT2D eigenvalue weighted by atomic mass is 10.4. The van der Waals surface area contributed by atoms with E-state index in [0.29, 0.717) is 26.4 Å². The highest BCUT2D eigenvalue weighted by atomic mass is 16.7. The zero-order valence-corrected chi connectivity index (χ0v) is 16.5. The van der Waals surface area contributed by atoms with Crippen LogP contribution in [-0.2, 0) is 28.4 Å². The van der Waals surface area contributed by atoms with E-state index in [4.69, 9.17) is 28.4 Å². The average Bonchev–Trinajstić information content (AvgIpc) is 2.88. The number of hydrogen-bond donors (Lipinski definition) is 0. The average molecular weight is 378 g/mol. The van der Waals surface area contributed by atoms with E-state index >= 15 is 0 Å². The molecule has 2 amide bonds. The fourth-order valence-corrected chi connectivity index (χ4v) is 2.31. The first-order valence-electron chi connectivity index (χ1n) is 9.32. The van der Waals surface area contributed by atoms with Crippen molar-refractivity contribution in [2.45, 2.75) is 53.0 Å². The van der Waals surface area contributed by atoms with Gasteiger partial charge in [-0.1, -0.05) is 13.8 Å². The van der Waals surface area contributed by atoms with E-state index in [1.807, 2.05) is 27.7 Å². The van der Waals surface area contributed by atoms with Crippen LogP contribution in [0.3, 0.4) is 0 Å². The van der Waals surface area contributed by atoms with Gasteiger partial charge in [-0.15, -0.1) is 0 Å². The molecule has 154 valence electrons. The Bertz CT molecular complexity index is 341. The molecule has 26 heavy (non-hydrogen) atoms. The molecular weight excluding hydrogens is 344 g/mol. The summed E-state index contributed by atoms with van der Waals surface area (Å²) < 4.78 is 33.2. The molecule has 2 unspecified atom stereocenters. The molecule has 0 spiro atoms. The molecule has 9 heteroatoms. The summed E-state index contributed by atoms with van der Waals surface area (Å²) in [5, 5.41) is 0. The summed E-state index contributed by atoms with van der Waals surface area (Å²) in [6.45, 7) is 10.2. The second-order valence-electron chi connectivity index (χ2n) is 5.63. The number of nitrogens with zero attached hydrogens (tertiary/aromatic N) is 2. The normalized spacial score (nSPS) is 20.4. The molecule has 1 heterocycles. The standard InChI is InChI=1S/C17H34N2O7/c1-5-9-23-11-18-15(25-13-21-7-3)16(26-14-22-8-4)19(17(18)20)12-24-10-6-2/h15-16H,5-14H2,1-4H3. The van der Waals surface area contributed by atoms with Crippen LogP contribution in [0.2, 0.25) is 0 Å². The molecule has 1 rings (SSSR count). The SMILES string of the molecule is CCCOCN1C(=O)N(COCCC)C(OCOCC)C1OCOCC. The van der Waals surface area contributed by atoms with Gasteiger partial charge in [-0.2, -0.15) is 0 Å². The molecule has 0 bridgehead atoms. The molecular formula is C17H34N2O7. The Balaban J connectivity index is 2.83. The van der Waals surface area contributed by atoms with Crippen molar-refractivity contribution in [3.8, 4) is 0 Å². The number of carbonyl (C=O) groups is 1. The Labute approximate surface area is 156 Å². The van der Waals surface area contributed by atoms with Gasteiger partial charge in [0.25, 0.3) is 0 Å². The van der Waals surface area contributed by atoms with Gasteiger partial charge in [-0.25, -0.2) is 4.79 Å². The van der Waals surface area contributed by atoms with E-state index in [1.54, 1.807) is 0 Å². The van der Waals surface area contributed by atoms with Crippen molar-refractivity contribution in [1.29, 1.82) is 0 Å². The molecule has 0 aromatic carbocycles. The summed E-state index contributed by atoms with van der Waals surface area (Å²) in [6, 6.07) is -0.264. The molecule has 9 nitrogen and oxygen atoms in total. The summed E-state index contributed by atoms with van der Waals surface area (Å²) >= 11 is 0. The van der Waals surface area contributed by atoms with Gasteiger partial charge in [-0.3, -0.25) is 9.80 Å². The van der Waals surface area contributed by atoms with Gasteiger partial charge in [0.05, 0.1) is 0 Å². The Morgan fingerprint density at radius 2 is 1.15 bits per heavy atom. The maximum Gasteiger partial charge on any atom is 0.328 e. The summed E-state index contributed by atoms with van der Waals surface area (Å²) in [5.41, 5.74) is 0. The fraction of sp³-hybridized carbons (Fsp3) is 0.941. The van der Waals surface area contributed by atoms with Crippen LogP contribution in [0.4, 0.5) is 4.79 Å². The Morgan fingerprint density at radius 3 is 1.50 bits per heavy atom. The van der Waals surface area contributed by atoms with Gasteiger partial charge in [0.1, 0.15) is 27.0 Å². The lowest BCUT2D eigenvalue weighted by molar-refractivity contribution is -0.218. The highest BCUT2D eigenvalue weighted by Gasteiger charge is 2.48. The second-order valence-corrected chi connectivity index (χ2v) is 5.63. The van der Waals surface area contributed by atoms with Crippen LogP contribution < -0.4 is 0 Å². The van der Waals surface area contributed by atoms with Crippen molar-refractivity contribution in [3.05, 3.63) is 0 Å². The highest BCUT2D eigenvalue weighted by Crippen LogP contribution is 2.25. The number of rotatable bonds is 16. The van der Waals surface area contributed by atoms with Crippen LogP contribution in [0.15, 0.2) is 0 Å². The third-order valence-corrected chi connectivity index (χ3v) is 3.56. The van der Waals surface area contributed by atoms with Crippen molar-refractivity contribution in [1.82, 2.24) is 9.80 Å². The van der Waals surface area contributed by atoms with Crippen molar-refractivity contribution in [2.24, 2.45) is 0 Å². The minimum absolute atomic E-state index is 0.0525. The topological polar surface area (TPSA) is 78.9 Å². The quantitative estimate of drug-likeness (QED) is 0.301. The van der Waals surface area contributed by atoms with Gasteiger partial charge >= 0.3 is 6.03 Å². The largest absolute Gasteiger partial charge is 0.361 e. The fourth-order valence-electron chi connectivity index (χ4n) is 2.31. The minimum atomic E-state index is -0.670. The molecule has 1 fully saturated rings. The molecule has 1 saturated heterocycles. The summed E-state index contributed by atoms with van der Waals surface area (Å²) in [5.74, 6) is 0. The van der Waals surface area contributed by atoms with Crippen LogP contribution in [-0.4, -0.2) is 81.8 Å². The molecule has 0 saturated carbocycles. The molecule has 2 atom stereocenters. The molecule has 1 aliphatic rings. The summed E-state index contributed by atoms with van der Waals surface area (Å²) in [7, 11) is 0. The number of urea groups is 1. The smallest absolute Gasteiger partial charge is 0.328 e. The lowest BCUT2D eigenvalue weighted by Crippen LogP contribution is -2.43. The van der Waals surface area contributed by atoms with E-state index in [9.17, 15) is 4.79 Å².